The lowest BCUT2D eigenvalue weighted by atomic mass is 9.78. The normalized spacial score (nSPS) is 26.3. The number of likely N-dealkylation sites (N-methyl/N-ethyl adjacent to an activating group) is 1. The second-order valence-corrected chi connectivity index (χ2v) is 8.30. The highest BCUT2D eigenvalue weighted by molar-refractivity contribution is 6.62. The Morgan fingerprint density at radius 3 is 2.32 bits per heavy atom. The van der Waals surface area contributed by atoms with Crippen molar-refractivity contribution in [3.63, 3.8) is 0 Å². The number of benzene rings is 1. The number of hydrogen-bond acceptors (Lipinski definition) is 5. The molecule has 3 rings (SSSR count). The molecule has 2 N–H and O–H groups in total. The molecule has 25 heavy (non-hydrogen) atoms. The van der Waals surface area contributed by atoms with Crippen molar-refractivity contribution in [2.75, 3.05) is 37.3 Å². The Morgan fingerprint density at radius 2 is 1.76 bits per heavy atom. The van der Waals surface area contributed by atoms with E-state index in [-0.39, 0.29) is 5.82 Å². The summed E-state index contributed by atoms with van der Waals surface area (Å²) in [6.45, 7) is 12.6. The molecule has 2 fully saturated rings. The molecule has 1 atom stereocenters. The largest absolute Gasteiger partial charge is 0.497 e. The molecular formula is C18H29BFN3O2. The standard InChI is InChI=1S/C18H29BFN3O2/c1-12-11-23(8-7-22(12)6)16-10-14(20)13(9-15(16)21)19-24-17(2,3)18(4,5)25-19/h9-10,12H,7-8,11,21H2,1-6H3/t12-/m0/s1. The third-order valence-electron chi connectivity index (χ3n) is 5.95. The van der Waals surface area contributed by atoms with E-state index >= 15 is 0 Å². The minimum absolute atomic E-state index is 0.339. The summed E-state index contributed by atoms with van der Waals surface area (Å²) in [4.78, 5) is 4.44. The summed E-state index contributed by atoms with van der Waals surface area (Å²) < 4.78 is 26.8. The minimum atomic E-state index is -0.743. The molecule has 2 aliphatic heterocycles. The first-order valence-corrected chi connectivity index (χ1v) is 8.91. The summed E-state index contributed by atoms with van der Waals surface area (Å²) in [5.41, 5.74) is 6.92. The van der Waals surface area contributed by atoms with Crippen LogP contribution >= 0.6 is 0 Å². The van der Waals surface area contributed by atoms with Crippen LogP contribution in [-0.4, -0.2) is 55.9 Å². The summed E-state index contributed by atoms with van der Waals surface area (Å²) in [6.07, 6.45) is 0. The molecule has 7 heteroatoms. The highest BCUT2D eigenvalue weighted by atomic mass is 19.1. The fourth-order valence-electron chi connectivity index (χ4n) is 3.29. The van der Waals surface area contributed by atoms with Crippen molar-refractivity contribution in [1.82, 2.24) is 4.90 Å². The van der Waals surface area contributed by atoms with Gasteiger partial charge in [-0.2, -0.15) is 0 Å². The van der Waals surface area contributed by atoms with Crippen molar-refractivity contribution < 1.29 is 13.7 Å². The molecule has 2 aliphatic rings. The van der Waals surface area contributed by atoms with E-state index in [1.54, 1.807) is 6.07 Å². The predicted molar refractivity (Wildman–Crippen MR) is 101 cm³/mol. The van der Waals surface area contributed by atoms with Gasteiger partial charge < -0.3 is 24.8 Å². The van der Waals surface area contributed by atoms with Gasteiger partial charge in [-0.1, -0.05) is 0 Å². The van der Waals surface area contributed by atoms with E-state index in [9.17, 15) is 4.39 Å². The Kier molecular flexibility index (Phi) is 4.54. The van der Waals surface area contributed by atoms with Crippen LogP contribution < -0.4 is 16.1 Å². The van der Waals surface area contributed by atoms with Crippen LogP contribution in [0.5, 0.6) is 0 Å². The average Bonchev–Trinajstić information content (AvgIpc) is 2.72. The molecule has 1 aromatic rings. The van der Waals surface area contributed by atoms with Crippen molar-refractivity contribution in [2.24, 2.45) is 0 Å². The van der Waals surface area contributed by atoms with Gasteiger partial charge in [0.15, 0.2) is 0 Å². The molecule has 2 heterocycles. The number of nitrogens with two attached hydrogens (primary N) is 1. The quantitative estimate of drug-likeness (QED) is 0.652. The molecule has 0 spiro atoms. The molecule has 0 radical (unpaired) electrons. The van der Waals surface area contributed by atoms with Crippen molar-refractivity contribution in [3.8, 4) is 0 Å². The van der Waals surface area contributed by atoms with E-state index in [4.69, 9.17) is 15.0 Å². The maximum Gasteiger partial charge on any atom is 0.497 e. The van der Waals surface area contributed by atoms with Crippen molar-refractivity contribution in [3.05, 3.63) is 17.9 Å². The van der Waals surface area contributed by atoms with Gasteiger partial charge in [-0.25, -0.2) is 4.39 Å². The number of hydrogen-bond donors (Lipinski definition) is 1. The van der Waals surface area contributed by atoms with Crippen LogP contribution in [0.25, 0.3) is 0 Å². The average molecular weight is 349 g/mol. The minimum Gasteiger partial charge on any atom is -0.399 e. The lowest BCUT2D eigenvalue weighted by molar-refractivity contribution is 0.00578. The van der Waals surface area contributed by atoms with Crippen LogP contribution in [0.15, 0.2) is 12.1 Å². The molecule has 0 aliphatic carbocycles. The van der Waals surface area contributed by atoms with Crippen LogP contribution in [0.1, 0.15) is 34.6 Å². The highest BCUT2D eigenvalue weighted by Crippen LogP contribution is 2.37. The zero-order valence-corrected chi connectivity index (χ0v) is 16.1. The van der Waals surface area contributed by atoms with Crippen molar-refractivity contribution in [2.45, 2.75) is 51.9 Å². The van der Waals surface area contributed by atoms with Crippen LogP contribution in [0.3, 0.4) is 0 Å². The number of nitrogen functional groups attached to an aromatic ring is 1. The lowest BCUT2D eigenvalue weighted by Crippen LogP contribution is -2.50. The molecule has 0 unspecified atom stereocenters. The third kappa shape index (κ3) is 3.25. The first-order valence-electron chi connectivity index (χ1n) is 8.91. The van der Waals surface area contributed by atoms with Gasteiger partial charge in [-0.15, -0.1) is 0 Å². The maximum absolute atomic E-state index is 14.9. The number of halogens is 1. The summed E-state index contributed by atoms with van der Waals surface area (Å²) in [5, 5.41) is 0. The smallest absolute Gasteiger partial charge is 0.399 e. The van der Waals surface area contributed by atoms with Gasteiger partial charge in [0.2, 0.25) is 0 Å². The van der Waals surface area contributed by atoms with E-state index in [2.05, 4.69) is 23.8 Å². The number of nitrogens with zero attached hydrogens (tertiary/aromatic N) is 2. The fraction of sp³-hybridized carbons (Fsp3) is 0.667. The van der Waals surface area contributed by atoms with Gasteiger partial charge in [0.05, 0.1) is 22.6 Å². The Balaban J connectivity index is 1.87. The highest BCUT2D eigenvalue weighted by Gasteiger charge is 2.52. The van der Waals surface area contributed by atoms with Crippen LogP contribution in [0.4, 0.5) is 15.8 Å². The monoisotopic (exact) mass is 349 g/mol. The summed E-state index contributed by atoms with van der Waals surface area (Å²) in [5.74, 6) is -0.339. The number of rotatable bonds is 2. The summed E-state index contributed by atoms with van der Waals surface area (Å²) in [7, 11) is 1.36. The Labute approximate surface area is 150 Å². The topological polar surface area (TPSA) is 51.0 Å². The van der Waals surface area contributed by atoms with Gasteiger partial charge in [0.25, 0.3) is 0 Å². The van der Waals surface area contributed by atoms with Gasteiger partial charge in [-0.3, -0.25) is 0 Å². The SMILES string of the molecule is C[C@H]1CN(c2cc(F)c(B3OC(C)(C)C(C)(C)O3)cc2N)CCN1C. The Morgan fingerprint density at radius 1 is 1.16 bits per heavy atom. The van der Waals surface area contributed by atoms with Crippen molar-refractivity contribution in [1.29, 1.82) is 0 Å². The van der Waals surface area contributed by atoms with E-state index in [1.165, 1.54) is 6.07 Å². The molecule has 2 saturated heterocycles. The predicted octanol–water partition coefficient (Wildman–Crippen LogP) is 1.85. The molecule has 5 nitrogen and oxygen atoms in total. The van der Waals surface area contributed by atoms with Crippen LogP contribution in [0, 0.1) is 5.82 Å². The maximum atomic E-state index is 14.9. The fourth-order valence-corrected chi connectivity index (χ4v) is 3.29. The van der Waals surface area contributed by atoms with Gasteiger partial charge in [0.1, 0.15) is 5.82 Å². The van der Waals surface area contributed by atoms with Gasteiger partial charge in [0, 0.05) is 31.1 Å². The lowest BCUT2D eigenvalue weighted by Gasteiger charge is -2.39. The Bertz CT molecular complexity index is 652. The van der Waals surface area contributed by atoms with E-state index < -0.39 is 18.3 Å². The first kappa shape index (κ1) is 18.5. The number of piperazine rings is 1. The van der Waals surface area contributed by atoms with Gasteiger partial charge >= 0.3 is 7.12 Å². The van der Waals surface area contributed by atoms with Gasteiger partial charge in [-0.05, 0) is 53.8 Å². The summed E-state index contributed by atoms with van der Waals surface area (Å²) in [6, 6.07) is 3.59. The van der Waals surface area contributed by atoms with E-state index in [0.29, 0.717) is 17.2 Å². The number of anilines is 2. The second-order valence-electron chi connectivity index (χ2n) is 8.30. The third-order valence-corrected chi connectivity index (χ3v) is 5.95. The van der Waals surface area contributed by atoms with E-state index in [1.807, 2.05) is 27.7 Å². The first-order chi connectivity index (χ1) is 11.5. The molecule has 0 aromatic heterocycles. The van der Waals surface area contributed by atoms with Crippen LogP contribution in [-0.2, 0) is 9.31 Å². The molecule has 0 saturated carbocycles. The van der Waals surface area contributed by atoms with E-state index in [0.717, 1.165) is 25.3 Å². The Hall–Kier alpha value is -1.31. The summed E-state index contributed by atoms with van der Waals surface area (Å²) >= 11 is 0. The molecule has 138 valence electrons. The van der Waals surface area contributed by atoms with Crippen LogP contribution in [0.2, 0.25) is 0 Å². The van der Waals surface area contributed by atoms with Crippen molar-refractivity contribution >= 4 is 24.0 Å². The zero-order valence-electron chi connectivity index (χ0n) is 16.1. The second kappa shape index (κ2) is 6.14. The molecule has 0 amide bonds. The molecule has 1 aromatic carbocycles. The zero-order chi connectivity index (χ0) is 18.6. The molecular weight excluding hydrogens is 320 g/mol. The molecule has 0 bridgehead atoms.